The predicted octanol–water partition coefficient (Wildman–Crippen LogP) is 0.898. The summed E-state index contributed by atoms with van der Waals surface area (Å²) in [6.07, 6.45) is 3.54. The van der Waals surface area contributed by atoms with Gasteiger partial charge in [0.15, 0.2) is 0 Å². The maximum absolute atomic E-state index is 12.7. The molecular formula is C26H33N5O4. The number of piperidine rings is 1. The number of amides is 2. The van der Waals surface area contributed by atoms with Crippen molar-refractivity contribution in [3.05, 3.63) is 58.6 Å². The van der Waals surface area contributed by atoms with E-state index in [1.54, 1.807) is 6.92 Å². The zero-order valence-electron chi connectivity index (χ0n) is 20.2. The Hall–Kier alpha value is -3.20. The van der Waals surface area contributed by atoms with E-state index in [9.17, 15) is 19.5 Å². The normalized spacial score (nSPS) is 20.3. The van der Waals surface area contributed by atoms with E-state index < -0.39 is 5.60 Å². The number of aliphatic hydroxyl groups is 1. The zero-order chi connectivity index (χ0) is 24.6. The van der Waals surface area contributed by atoms with Crippen LogP contribution in [0.15, 0.2) is 47.5 Å². The van der Waals surface area contributed by atoms with E-state index in [-0.39, 0.29) is 29.3 Å². The number of hydrogen-bond donors (Lipinski definition) is 1. The number of carbonyl (C=O) groups excluding carboxylic acids is 2. The molecule has 1 spiro atoms. The van der Waals surface area contributed by atoms with Gasteiger partial charge in [-0.3, -0.25) is 19.0 Å². The summed E-state index contributed by atoms with van der Waals surface area (Å²) in [5, 5.41) is 11.1. The van der Waals surface area contributed by atoms with E-state index in [0.717, 1.165) is 31.7 Å². The first kappa shape index (κ1) is 23.5. The minimum Gasteiger partial charge on any atom is -0.388 e. The summed E-state index contributed by atoms with van der Waals surface area (Å²) in [5.74, 6) is 0.850. The van der Waals surface area contributed by atoms with Gasteiger partial charge in [-0.15, -0.1) is 0 Å². The molecule has 9 nitrogen and oxygen atoms in total. The highest BCUT2D eigenvalue weighted by atomic mass is 16.3. The SMILES string of the molecule is CC(=O)N1CC2(C1)CN(c1cc(=O)n(CC3(O)CCN(C(=O)CCc4ccccc4)CC3)cn1)C2. The van der Waals surface area contributed by atoms with E-state index in [2.05, 4.69) is 9.88 Å². The van der Waals surface area contributed by atoms with Gasteiger partial charge in [-0.25, -0.2) is 4.98 Å². The predicted molar refractivity (Wildman–Crippen MR) is 131 cm³/mol. The third-order valence-corrected chi connectivity index (χ3v) is 7.72. The van der Waals surface area contributed by atoms with Gasteiger partial charge in [0.1, 0.15) is 5.82 Å². The van der Waals surface area contributed by atoms with Crippen molar-refractivity contribution in [3.8, 4) is 0 Å². The van der Waals surface area contributed by atoms with Gasteiger partial charge in [-0.2, -0.15) is 0 Å². The van der Waals surface area contributed by atoms with Crippen LogP contribution in [-0.2, 0) is 22.6 Å². The summed E-state index contributed by atoms with van der Waals surface area (Å²) in [6, 6.07) is 11.5. The largest absolute Gasteiger partial charge is 0.388 e. The molecule has 3 fully saturated rings. The van der Waals surface area contributed by atoms with Crippen LogP contribution in [0.1, 0.15) is 31.7 Å². The molecule has 3 aliphatic rings. The Morgan fingerprint density at radius 2 is 1.71 bits per heavy atom. The van der Waals surface area contributed by atoms with E-state index in [4.69, 9.17) is 0 Å². The molecule has 9 heteroatoms. The van der Waals surface area contributed by atoms with Gasteiger partial charge in [0, 0.05) is 64.1 Å². The number of aromatic nitrogens is 2. The Kier molecular flexibility index (Phi) is 6.13. The van der Waals surface area contributed by atoms with Crippen LogP contribution < -0.4 is 10.5 Å². The van der Waals surface area contributed by atoms with Gasteiger partial charge < -0.3 is 19.8 Å². The Bertz CT molecular complexity index is 1140. The number of carbonyl (C=O) groups is 2. The Balaban J connectivity index is 1.11. The molecule has 0 atom stereocenters. The highest BCUT2D eigenvalue weighted by molar-refractivity contribution is 5.76. The van der Waals surface area contributed by atoms with Crippen molar-refractivity contribution in [2.75, 3.05) is 44.2 Å². The van der Waals surface area contributed by atoms with Crippen LogP contribution in [0.2, 0.25) is 0 Å². The monoisotopic (exact) mass is 479 g/mol. The summed E-state index contributed by atoms with van der Waals surface area (Å²) in [7, 11) is 0. The van der Waals surface area contributed by atoms with Gasteiger partial charge in [0.2, 0.25) is 11.8 Å². The number of nitrogens with zero attached hydrogens (tertiary/aromatic N) is 5. The summed E-state index contributed by atoms with van der Waals surface area (Å²) < 4.78 is 1.47. The standard InChI is InChI=1S/C26H33N5O4/c1-20(32)29-14-25(15-29)16-30(17-25)22-13-24(34)31(19-27-22)18-26(35)9-11-28(12-10-26)23(33)8-7-21-5-3-2-4-6-21/h2-6,13,19,35H,7-12,14-18H2,1H3. The molecule has 0 unspecified atom stereocenters. The van der Waals surface area contributed by atoms with E-state index in [1.807, 2.05) is 40.1 Å². The summed E-state index contributed by atoms with van der Waals surface area (Å²) in [5.41, 5.74) is 0.0595. The van der Waals surface area contributed by atoms with E-state index >= 15 is 0 Å². The van der Waals surface area contributed by atoms with Crippen LogP contribution >= 0.6 is 0 Å². The fraction of sp³-hybridized carbons (Fsp3) is 0.538. The van der Waals surface area contributed by atoms with Crippen LogP contribution in [0, 0.1) is 5.41 Å². The number of anilines is 1. The lowest BCUT2D eigenvalue weighted by Gasteiger charge is -2.60. The smallest absolute Gasteiger partial charge is 0.255 e. The van der Waals surface area contributed by atoms with Gasteiger partial charge in [0.25, 0.3) is 5.56 Å². The topological polar surface area (TPSA) is 99.0 Å². The third-order valence-electron chi connectivity index (χ3n) is 7.72. The lowest BCUT2D eigenvalue weighted by molar-refractivity contribution is -0.142. The molecule has 0 saturated carbocycles. The summed E-state index contributed by atoms with van der Waals surface area (Å²) in [4.78, 5) is 47.0. The first-order valence-electron chi connectivity index (χ1n) is 12.4. The van der Waals surface area contributed by atoms with Crippen molar-refractivity contribution in [3.63, 3.8) is 0 Å². The molecule has 1 aromatic heterocycles. The van der Waals surface area contributed by atoms with E-state index in [0.29, 0.717) is 44.6 Å². The highest BCUT2D eigenvalue weighted by Gasteiger charge is 2.53. The molecule has 1 aromatic carbocycles. The summed E-state index contributed by atoms with van der Waals surface area (Å²) >= 11 is 0. The molecule has 2 amide bonds. The van der Waals surface area contributed by atoms with Crippen molar-refractivity contribution in [1.82, 2.24) is 19.4 Å². The van der Waals surface area contributed by atoms with Gasteiger partial charge in [-0.1, -0.05) is 30.3 Å². The zero-order valence-corrected chi connectivity index (χ0v) is 20.2. The maximum atomic E-state index is 12.7. The molecule has 1 N–H and O–H groups in total. The second-order valence-corrected chi connectivity index (χ2v) is 10.5. The first-order chi connectivity index (χ1) is 16.7. The Labute approximate surface area is 205 Å². The Morgan fingerprint density at radius 1 is 1.03 bits per heavy atom. The molecule has 186 valence electrons. The second kappa shape index (κ2) is 9.11. The maximum Gasteiger partial charge on any atom is 0.255 e. The quantitative estimate of drug-likeness (QED) is 0.661. The van der Waals surface area contributed by atoms with Crippen molar-refractivity contribution in [2.45, 2.75) is 44.8 Å². The highest BCUT2D eigenvalue weighted by Crippen LogP contribution is 2.41. The van der Waals surface area contributed by atoms with Crippen molar-refractivity contribution >= 4 is 17.6 Å². The van der Waals surface area contributed by atoms with Gasteiger partial charge in [-0.05, 0) is 24.8 Å². The van der Waals surface area contributed by atoms with Crippen molar-refractivity contribution in [1.29, 1.82) is 0 Å². The minimum absolute atomic E-state index is 0.101. The molecule has 4 heterocycles. The number of likely N-dealkylation sites (tertiary alicyclic amines) is 2. The van der Waals surface area contributed by atoms with Crippen LogP contribution in [0.4, 0.5) is 5.82 Å². The average Bonchev–Trinajstić information content (AvgIpc) is 2.78. The van der Waals surface area contributed by atoms with Crippen LogP contribution in [-0.4, -0.2) is 81.1 Å². The fourth-order valence-corrected chi connectivity index (χ4v) is 5.52. The third kappa shape index (κ3) is 4.96. The molecule has 3 saturated heterocycles. The molecule has 0 bridgehead atoms. The van der Waals surface area contributed by atoms with Crippen LogP contribution in [0.3, 0.4) is 0 Å². The molecular weight excluding hydrogens is 446 g/mol. The summed E-state index contributed by atoms with van der Waals surface area (Å²) in [6.45, 7) is 5.87. The molecule has 0 aliphatic carbocycles. The Morgan fingerprint density at radius 3 is 2.34 bits per heavy atom. The average molecular weight is 480 g/mol. The minimum atomic E-state index is -1.04. The van der Waals surface area contributed by atoms with Crippen LogP contribution in [0.25, 0.3) is 0 Å². The van der Waals surface area contributed by atoms with Gasteiger partial charge >= 0.3 is 0 Å². The lowest BCUT2D eigenvalue weighted by atomic mass is 9.73. The molecule has 5 rings (SSSR count). The van der Waals surface area contributed by atoms with Gasteiger partial charge in [0.05, 0.1) is 18.5 Å². The molecule has 0 radical (unpaired) electrons. The number of rotatable bonds is 6. The number of hydrogen-bond acceptors (Lipinski definition) is 6. The number of aryl methyl sites for hydroxylation is 1. The fourth-order valence-electron chi connectivity index (χ4n) is 5.52. The lowest BCUT2D eigenvalue weighted by Crippen LogP contribution is -2.73. The first-order valence-corrected chi connectivity index (χ1v) is 12.4. The van der Waals surface area contributed by atoms with Crippen LogP contribution in [0.5, 0.6) is 0 Å². The molecule has 35 heavy (non-hydrogen) atoms. The molecule has 3 aliphatic heterocycles. The van der Waals surface area contributed by atoms with E-state index in [1.165, 1.54) is 17.0 Å². The van der Waals surface area contributed by atoms with Crippen molar-refractivity contribution in [2.24, 2.45) is 5.41 Å². The number of benzene rings is 1. The van der Waals surface area contributed by atoms with Crippen molar-refractivity contribution < 1.29 is 14.7 Å². The second-order valence-electron chi connectivity index (χ2n) is 10.5. The molecule has 2 aromatic rings.